The number of carbonyl (C=O) groups is 3. The monoisotopic (exact) mass is 540 g/mol. The average molecular weight is 541 g/mol. The van der Waals surface area contributed by atoms with Crippen LogP contribution in [0.5, 0.6) is 0 Å². The van der Waals surface area contributed by atoms with Gasteiger partial charge in [-0.2, -0.15) is 0 Å². The van der Waals surface area contributed by atoms with Crippen molar-refractivity contribution in [3.05, 3.63) is 39.5 Å². The molecule has 1 saturated carbocycles. The second kappa shape index (κ2) is 9.64. The molecule has 2 aliphatic carbocycles. The van der Waals surface area contributed by atoms with Crippen LogP contribution in [0, 0.1) is 17.8 Å². The van der Waals surface area contributed by atoms with E-state index in [2.05, 4.69) is 28.1 Å². The van der Waals surface area contributed by atoms with Crippen molar-refractivity contribution in [2.75, 3.05) is 13.7 Å². The molecule has 5 rings (SSSR count). The molecule has 4 atom stereocenters. The van der Waals surface area contributed by atoms with Crippen LogP contribution in [0.25, 0.3) is 5.57 Å². The van der Waals surface area contributed by atoms with Crippen LogP contribution in [0.15, 0.2) is 27.8 Å². The molecule has 0 spiro atoms. The highest BCUT2D eigenvalue weighted by Gasteiger charge is 2.43. The molecule has 2 unspecified atom stereocenters. The normalized spacial score (nSPS) is 26.0. The van der Waals surface area contributed by atoms with Gasteiger partial charge >= 0.3 is 5.97 Å². The number of aliphatic imine (C=N–C) groups is 1. The van der Waals surface area contributed by atoms with E-state index in [1.54, 1.807) is 0 Å². The molecule has 0 aromatic heterocycles. The molecule has 35 heavy (non-hydrogen) atoms. The van der Waals surface area contributed by atoms with Gasteiger partial charge in [-0.3, -0.25) is 19.4 Å². The van der Waals surface area contributed by atoms with E-state index in [9.17, 15) is 14.4 Å². The molecule has 7 heteroatoms. The summed E-state index contributed by atoms with van der Waals surface area (Å²) in [6.07, 6.45) is 6.97. The van der Waals surface area contributed by atoms with Crippen molar-refractivity contribution in [2.45, 2.75) is 70.8 Å². The molecule has 0 N–H and O–H groups in total. The Kier molecular flexibility index (Phi) is 6.73. The minimum atomic E-state index is -0.380. The number of amides is 1. The number of hydrogen-bond acceptors (Lipinski definition) is 5. The van der Waals surface area contributed by atoms with E-state index in [4.69, 9.17) is 9.73 Å². The van der Waals surface area contributed by atoms with Crippen molar-refractivity contribution in [3.8, 4) is 0 Å². The van der Waals surface area contributed by atoms with Crippen molar-refractivity contribution < 1.29 is 19.1 Å². The summed E-state index contributed by atoms with van der Waals surface area (Å²) in [5.41, 5.74) is 6.15. The molecule has 2 aliphatic heterocycles. The second-order valence-corrected chi connectivity index (χ2v) is 11.6. The van der Waals surface area contributed by atoms with Crippen LogP contribution in [-0.4, -0.2) is 48.0 Å². The summed E-state index contributed by atoms with van der Waals surface area (Å²) >= 11 is 3.75. The van der Waals surface area contributed by atoms with Gasteiger partial charge in [0.15, 0.2) is 0 Å². The Morgan fingerprint density at radius 1 is 1.23 bits per heavy atom. The quantitative estimate of drug-likeness (QED) is 0.471. The maximum atomic E-state index is 13.5. The van der Waals surface area contributed by atoms with E-state index in [-0.39, 0.29) is 36.2 Å². The molecule has 0 bridgehead atoms. The highest BCUT2D eigenvalue weighted by Crippen LogP contribution is 2.51. The summed E-state index contributed by atoms with van der Waals surface area (Å²) in [5, 5.41) is 0. The van der Waals surface area contributed by atoms with Crippen molar-refractivity contribution in [3.63, 3.8) is 0 Å². The van der Waals surface area contributed by atoms with Crippen LogP contribution in [0.2, 0.25) is 0 Å². The summed E-state index contributed by atoms with van der Waals surface area (Å²) < 4.78 is 5.96. The highest BCUT2D eigenvalue weighted by atomic mass is 79.9. The van der Waals surface area contributed by atoms with Gasteiger partial charge in [0.2, 0.25) is 5.91 Å². The highest BCUT2D eigenvalue weighted by molar-refractivity contribution is 9.10. The van der Waals surface area contributed by atoms with Gasteiger partial charge in [0.05, 0.1) is 25.5 Å². The zero-order chi connectivity index (χ0) is 24.9. The van der Waals surface area contributed by atoms with Gasteiger partial charge < -0.3 is 9.64 Å². The molecule has 6 nitrogen and oxygen atoms in total. The first-order valence-electron chi connectivity index (χ1n) is 12.7. The first-order valence-corrected chi connectivity index (χ1v) is 13.5. The Morgan fingerprint density at radius 2 is 2.03 bits per heavy atom. The zero-order valence-corrected chi connectivity index (χ0v) is 22.3. The van der Waals surface area contributed by atoms with E-state index in [1.165, 1.54) is 29.4 Å². The maximum absolute atomic E-state index is 13.5. The zero-order valence-electron chi connectivity index (χ0n) is 20.7. The van der Waals surface area contributed by atoms with Crippen LogP contribution in [0.1, 0.15) is 75.0 Å². The first kappa shape index (κ1) is 24.4. The van der Waals surface area contributed by atoms with Crippen LogP contribution in [0.3, 0.4) is 0 Å². The number of allylic oxidation sites excluding steroid dienone is 1. The van der Waals surface area contributed by atoms with Gasteiger partial charge in [-0.05, 0) is 65.3 Å². The van der Waals surface area contributed by atoms with E-state index in [0.29, 0.717) is 37.0 Å². The van der Waals surface area contributed by atoms with Crippen molar-refractivity contribution in [2.24, 2.45) is 22.7 Å². The smallest absolute Gasteiger partial charge is 0.306 e. The van der Waals surface area contributed by atoms with Crippen LogP contribution in [0.4, 0.5) is 0 Å². The van der Waals surface area contributed by atoms with Crippen molar-refractivity contribution in [1.29, 1.82) is 0 Å². The summed E-state index contributed by atoms with van der Waals surface area (Å²) in [6, 6.07) is 4.28. The number of rotatable bonds is 6. The van der Waals surface area contributed by atoms with Gasteiger partial charge in [0.1, 0.15) is 5.78 Å². The van der Waals surface area contributed by atoms with Crippen molar-refractivity contribution in [1.82, 2.24) is 4.90 Å². The van der Waals surface area contributed by atoms with E-state index >= 15 is 0 Å². The van der Waals surface area contributed by atoms with Crippen LogP contribution in [-0.2, 0) is 25.5 Å². The van der Waals surface area contributed by atoms with Gasteiger partial charge in [0, 0.05) is 42.2 Å². The number of Topliss-reactive ketones (excluding diaryl/α,β-unsaturated/α-hetero) is 1. The minimum Gasteiger partial charge on any atom is -0.469 e. The lowest BCUT2D eigenvalue weighted by Crippen LogP contribution is -2.45. The van der Waals surface area contributed by atoms with Crippen molar-refractivity contribution >= 4 is 44.9 Å². The molecule has 2 fully saturated rings. The third-order valence-electron chi connectivity index (χ3n) is 8.41. The Hall–Kier alpha value is -2.28. The maximum Gasteiger partial charge on any atom is 0.306 e. The Balaban J connectivity index is 1.33. The summed E-state index contributed by atoms with van der Waals surface area (Å²) in [5.74, 6) is 0.499. The number of halogens is 1. The van der Waals surface area contributed by atoms with Gasteiger partial charge in [0.25, 0.3) is 0 Å². The number of hydrogen-bond donors (Lipinski definition) is 0. The fourth-order valence-electron chi connectivity index (χ4n) is 6.58. The largest absolute Gasteiger partial charge is 0.469 e. The summed E-state index contributed by atoms with van der Waals surface area (Å²) in [6.45, 7) is 4.67. The predicted octanol–water partition coefficient (Wildman–Crippen LogP) is 5.08. The lowest BCUT2D eigenvalue weighted by molar-refractivity contribution is -0.148. The van der Waals surface area contributed by atoms with E-state index < -0.39 is 0 Å². The molecule has 0 radical (unpaired) electrons. The number of fused-ring (bicyclic) bond motifs is 3. The van der Waals surface area contributed by atoms with Gasteiger partial charge in [-0.25, -0.2) is 0 Å². The molecular formula is C28H33BrN2O4. The lowest BCUT2D eigenvalue weighted by atomic mass is 9.89. The lowest BCUT2D eigenvalue weighted by Gasteiger charge is -2.30. The fourth-order valence-corrected chi connectivity index (χ4v) is 7.24. The topological polar surface area (TPSA) is 76.0 Å². The summed E-state index contributed by atoms with van der Waals surface area (Å²) in [7, 11) is 1.37. The number of likely N-dealkylation sites (tertiary alicyclic amines) is 1. The Bertz CT molecular complexity index is 1140. The number of methoxy groups -OCH3 is 1. The minimum absolute atomic E-state index is 0.0179. The molecule has 1 aromatic rings. The third kappa shape index (κ3) is 4.41. The Labute approximate surface area is 215 Å². The number of esters is 1. The Morgan fingerprint density at radius 3 is 2.77 bits per heavy atom. The number of ether oxygens (including phenoxy) is 1. The standard InChI is InChI=1S/C28H33BrN2O4/c1-15(2)20(13-26(33)35-3)28(34)31-8-4-5-25(31)24-11-17(14-30-24)19-6-7-23(29)27-21-12-18(32)9-16(21)10-22(19)27/h6-7,14-16,20-21,25H,4-5,8-13H2,1-3H3/t16?,20-,21?,25-/m0/s1. The van der Waals surface area contributed by atoms with Gasteiger partial charge in [-0.1, -0.05) is 35.8 Å². The molecule has 4 aliphatic rings. The number of ketones is 1. The SMILES string of the molecule is COC(=O)C[C@H](C(=O)N1CCC[C@H]1C1=NC=C(c2ccc(Br)c3c2CC2CC(=O)CC32)C1)C(C)C. The first-order chi connectivity index (χ1) is 16.8. The second-order valence-electron chi connectivity index (χ2n) is 10.8. The predicted molar refractivity (Wildman–Crippen MR) is 138 cm³/mol. The number of benzene rings is 1. The van der Waals surface area contributed by atoms with Gasteiger partial charge in [-0.15, -0.1) is 0 Å². The third-order valence-corrected chi connectivity index (χ3v) is 9.10. The average Bonchev–Trinajstić information content (AvgIpc) is 3.59. The molecule has 1 saturated heterocycles. The van der Waals surface area contributed by atoms with E-state index in [0.717, 1.165) is 35.9 Å². The molecule has 1 aromatic carbocycles. The summed E-state index contributed by atoms with van der Waals surface area (Å²) in [4.78, 5) is 44.3. The molecular weight excluding hydrogens is 508 g/mol. The molecule has 2 heterocycles. The molecule has 186 valence electrons. The van der Waals surface area contributed by atoms with E-state index in [1.807, 2.05) is 24.9 Å². The molecule has 1 amide bonds. The number of nitrogens with zero attached hydrogens (tertiary/aromatic N) is 2. The fraction of sp³-hybridized carbons (Fsp3) is 0.571. The van der Waals surface area contributed by atoms with Crippen LogP contribution >= 0.6 is 15.9 Å². The number of carbonyl (C=O) groups excluding carboxylic acids is 3. The van der Waals surface area contributed by atoms with Crippen LogP contribution < -0.4 is 0 Å².